The van der Waals surface area contributed by atoms with Crippen LogP contribution in [0.3, 0.4) is 0 Å². The van der Waals surface area contributed by atoms with E-state index in [1.165, 1.54) is 18.4 Å². The standard InChI is InChI=1S/C13H12ClNO2S/c1-3-10-11(13(16)17-2)15-12(18-10)8-5-4-6-9(14)7-8/h4-7H,3H2,1-2H3. The smallest absolute Gasteiger partial charge is 0.357 e. The van der Waals surface area contributed by atoms with E-state index in [-0.39, 0.29) is 0 Å². The molecule has 94 valence electrons. The molecule has 1 heterocycles. The third-order valence-corrected chi connectivity index (χ3v) is 3.95. The lowest BCUT2D eigenvalue weighted by Gasteiger charge is -1.96. The normalized spacial score (nSPS) is 10.4. The summed E-state index contributed by atoms with van der Waals surface area (Å²) in [6.07, 6.45) is 0.753. The maximum absolute atomic E-state index is 11.6. The van der Waals surface area contributed by atoms with Crippen LogP contribution < -0.4 is 0 Å². The van der Waals surface area contributed by atoms with Gasteiger partial charge in [0.05, 0.1) is 7.11 Å². The second kappa shape index (κ2) is 5.50. The van der Waals surface area contributed by atoms with Crippen molar-refractivity contribution >= 4 is 28.9 Å². The molecule has 0 radical (unpaired) electrons. The van der Waals surface area contributed by atoms with Gasteiger partial charge in [-0.1, -0.05) is 30.7 Å². The Hall–Kier alpha value is -1.39. The summed E-state index contributed by atoms with van der Waals surface area (Å²) in [4.78, 5) is 16.9. The molecule has 0 saturated heterocycles. The predicted octanol–water partition coefficient (Wildman–Crippen LogP) is 3.81. The fourth-order valence-corrected chi connectivity index (χ4v) is 2.77. The van der Waals surface area contributed by atoms with Gasteiger partial charge in [0, 0.05) is 15.5 Å². The number of aryl methyl sites for hydroxylation is 1. The highest BCUT2D eigenvalue weighted by Gasteiger charge is 2.18. The molecule has 0 aliphatic rings. The molecule has 0 amide bonds. The second-order valence-corrected chi connectivity index (χ2v) is 5.17. The summed E-state index contributed by atoms with van der Waals surface area (Å²) >= 11 is 7.44. The van der Waals surface area contributed by atoms with Crippen molar-refractivity contribution in [3.63, 3.8) is 0 Å². The highest BCUT2D eigenvalue weighted by Crippen LogP contribution is 2.30. The van der Waals surface area contributed by atoms with Crippen LogP contribution in [0.1, 0.15) is 22.3 Å². The van der Waals surface area contributed by atoms with Crippen LogP contribution in [-0.4, -0.2) is 18.1 Å². The number of rotatable bonds is 3. The van der Waals surface area contributed by atoms with Gasteiger partial charge in [-0.25, -0.2) is 9.78 Å². The molecule has 2 rings (SSSR count). The Bertz CT molecular complexity index is 580. The van der Waals surface area contributed by atoms with Crippen LogP contribution in [0.25, 0.3) is 10.6 Å². The summed E-state index contributed by atoms with van der Waals surface area (Å²) < 4.78 is 4.73. The quantitative estimate of drug-likeness (QED) is 0.803. The van der Waals surface area contributed by atoms with Gasteiger partial charge in [0.1, 0.15) is 5.01 Å². The minimum atomic E-state index is -0.392. The van der Waals surface area contributed by atoms with Crippen molar-refractivity contribution in [2.24, 2.45) is 0 Å². The molecule has 1 aromatic carbocycles. The average Bonchev–Trinajstić information content (AvgIpc) is 2.82. The van der Waals surface area contributed by atoms with Gasteiger partial charge < -0.3 is 4.74 Å². The van der Waals surface area contributed by atoms with Gasteiger partial charge in [-0.2, -0.15) is 0 Å². The zero-order valence-electron chi connectivity index (χ0n) is 10.1. The number of carbonyl (C=O) groups is 1. The summed E-state index contributed by atoms with van der Waals surface area (Å²) in [5.74, 6) is -0.392. The number of thiazole rings is 1. The molecule has 5 heteroatoms. The molecule has 0 fully saturated rings. The van der Waals surface area contributed by atoms with Gasteiger partial charge in [0.2, 0.25) is 0 Å². The van der Waals surface area contributed by atoms with Crippen molar-refractivity contribution in [1.82, 2.24) is 4.98 Å². The first-order valence-corrected chi connectivity index (χ1v) is 6.69. The molecule has 0 spiro atoms. The van der Waals surface area contributed by atoms with Crippen molar-refractivity contribution in [3.05, 3.63) is 39.9 Å². The Kier molecular flexibility index (Phi) is 3.99. The van der Waals surface area contributed by atoms with Crippen LogP contribution in [0.4, 0.5) is 0 Å². The van der Waals surface area contributed by atoms with Gasteiger partial charge in [-0.15, -0.1) is 11.3 Å². The topological polar surface area (TPSA) is 39.2 Å². The third kappa shape index (κ3) is 2.54. The van der Waals surface area contributed by atoms with Crippen LogP contribution >= 0.6 is 22.9 Å². The maximum Gasteiger partial charge on any atom is 0.357 e. The third-order valence-electron chi connectivity index (χ3n) is 2.47. The molecule has 0 saturated carbocycles. The number of aromatic nitrogens is 1. The van der Waals surface area contributed by atoms with Gasteiger partial charge in [0.25, 0.3) is 0 Å². The summed E-state index contributed by atoms with van der Waals surface area (Å²) in [6, 6.07) is 7.43. The fraction of sp³-hybridized carbons (Fsp3) is 0.231. The van der Waals surface area contributed by atoms with Crippen molar-refractivity contribution in [2.75, 3.05) is 7.11 Å². The van der Waals surface area contributed by atoms with Crippen LogP contribution in [0.2, 0.25) is 5.02 Å². The monoisotopic (exact) mass is 281 g/mol. The summed E-state index contributed by atoms with van der Waals surface area (Å²) in [7, 11) is 1.36. The molecule has 0 N–H and O–H groups in total. The van der Waals surface area contributed by atoms with Gasteiger partial charge >= 0.3 is 5.97 Å². The first-order chi connectivity index (χ1) is 8.65. The summed E-state index contributed by atoms with van der Waals surface area (Å²) in [5.41, 5.74) is 1.32. The average molecular weight is 282 g/mol. The lowest BCUT2D eigenvalue weighted by Crippen LogP contribution is -2.04. The molecule has 0 unspecified atom stereocenters. The number of hydrogen-bond acceptors (Lipinski definition) is 4. The lowest BCUT2D eigenvalue weighted by atomic mass is 10.2. The van der Waals surface area contributed by atoms with Crippen LogP contribution in [-0.2, 0) is 11.2 Å². The Morgan fingerprint density at radius 1 is 1.50 bits per heavy atom. The number of halogens is 1. The van der Waals surface area contributed by atoms with E-state index >= 15 is 0 Å². The van der Waals surface area contributed by atoms with E-state index in [0.717, 1.165) is 21.9 Å². The Morgan fingerprint density at radius 2 is 2.28 bits per heavy atom. The van der Waals surface area contributed by atoms with Crippen molar-refractivity contribution in [3.8, 4) is 10.6 Å². The molecule has 0 atom stereocenters. The number of methoxy groups -OCH3 is 1. The van der Waals surface area contributed by atoms with E-state index in [1.807, 2.05) is 25.1 Å². The van der Waals surface area contributed by atoms with E-state index in [4.69, 9.17) is 16.3 Å². The van der Waals surface area contributed by atoms with Crippen molar-refractivity contribution in [1.29, 1.82) is 0 Å². The Balaban J connectivity index is 2.47. The first kappa shape index (κ1) is 13.1. The fourth-order valence-electron chi connectivity index (χ4n) is 1.59. The number of carbonyl (C=O) groups excluding carboxylic acids is 1. The zero-order valence-corrected chi connectivity index (χ0v) is 11.6. The molecule has 1 aromatic heterocycles. The number of ether oxygens (including phenoxy) is 1. The SMILES string of the molecule is CCc1sc(-c2cccc(Cl)c2)nc1C(=O)OC. The number of nitrogens with zero attached hydrogens (tertiary/aromatic N) is 1. The number of hydrogen-bond donors (Lipinski definition) is 0. The van der Waals surface area contributed by atoms with Crippen LogP contribution in [0.15, 0.2) is 24.3 Å². The minimum absolute atomic E-state index is 0.392. The van der Waals surface area contributed by atoms with Crippen molar-refractivity contribution in [2.45, 2.75) is 13.3 Å². The lowest BCUT2D eigenvalue weighted by molar-refractivity contribution is 0.0594. The highest BCUT2D eigenvalue weighted by atomic mass is 35.5. The molecule has 0 bridgehead atoms. The Labute approximate surface area is 114 Å². The molecule has 18 heavy (non-hydrogen) atoms. The molecule has 0 aliphatic heterocycles. The number of esters is 1. The zero-order chi connectivity index (χ0) is 13.1. The molecular formula is C13H12ClNO2S. The van der Waals surface area contributed by atoms with E-state index in [9.17, 15) is 4.79 Å². The molecule has 2 aromatic rings. The summed E-state index contributed by atoms with van der Waals surface area (Å²) in [6.45, 7) is 1.99. The molecule has 0 aliphatic carbocycles. The van der Waals surface area contributed by atoms with Gasteiger partial charge in [-0.3, -0.25) is 0 Å². The second-order valence-electron chi connectivity index (χ2n) is 3.65. The first-order valence-electron chi connectivity index (χ1n) is 5.49. The predicted molar refractivity (Wildman–Crippen MR) is 73.3 cm³/mol. The number of benzene rings is 1. The van der Waals surface area contributed by atoms with E-state index in [1.54, 1.807) is 6.07 Å². The highest BCUT2D eigenvalue weighted by molar-refractivity contribution is 7.15. The van der Waals surface area contributed by atoms with E-state index < -0.39 is 5.97 Å². The Morgan fingerprint density at radius 3 is 2.89 bits per heavy atom. The largest absolute Gasteiger partial charge is 0.464 e. The van der Waals surface area contributed by atoms with E-state index in [2.05, 4.69) is 4.98 Å². The van der Waals surface area contributed by atoms with Gasteiger partial charge in [0.15, 0.2) is 5.69 Å². The maximum atomic E-state index is 11.6. The van der Waals surface area contributed by atoms with Gasteiger partial charge in [-0.05, 0) is 18.6 Å². The van der Waals surface area contributed by atoms with Crippen LogP contribution in [0, 0.1) is 0 Å². The molecule has 3 nitrogen and oxygen atoms in total. The minimum Gasteiger partial charge on any atom is -0.464 e. The van der Waals surface area contributed by atoms with Crippen molar-refractivity contribution < 1.29 is 9.53 Å². The van der Waals surface area contributed by atoms with Crippen LogP contribution in [0.5, 0.6) is 0 Å². The van der Waals surface area contributed by atoms with E-state index in [0.29, 0.717) is 10.7 Å². The summed E-state index contributed by atoms with van der Waals surface area (Å²) in [5, 5.41) is 1.44. The molecular weight excluding hydrogens is 270 g/mol.